The number of pyridine rings is 2. The van der Waals surface area contributed by atoms with Gasteiger partial charge in [-0.25, -0.2) is 9.97 Å². The van der Waals surface area contributed by atoms with Gasteiger partial charge in [-0.2, -0.15) is 0 Å². The molecule has 2 aliphatic carbocycles. The van der Waals surface area contributed by atoms with Crippen LogP contribution < -0.4 is 0 Å². The van der Waals surface area contributed by atoms with Crippen molar-refractivity contribution in [2.75, 3.05) is 0 Å². The first kappa shape index (κ1) is 36.9. The van der Waals surface area contributed by atoms with Gasteiger partial charge in [0.2, 0.25) is 0 Å². The molecule has 9 aromatic carbocycles. The minimum Gasteiger partial charge on any atom is -0.247 e. The minimum absolute atomic E-state index is 0.102. The van der Waals surface area contributed by atoms with Gasteiger partial charge >= 0.3 is 0 Å². The molecule has 0 saturated carbocycles. The highest BCUT2D eigenvalue weighted by molar-refractivity contribution is 6.17. The van der Waals surface area contributed by atoms with Gasteiger partial charge in [-0.3, -0.25) is 0 Å². The van der Waals surface area contributed by atoms with E-state index in [1.54, 1.807) is 0 Å². The van der Waals surface area contributed by atoms with Gasteiger partial charge in [0.05, 0.1) is 22.4 Å². The van der Waals surface area contributed by atoms with Crippen LogP contribution in [0.2, 0.25) is 0 Å². The average Bonchev–Trinajstić information content (AvgIpc) is 3.72. The van der Waals surface area contributed by atoms with Crippen molar-refractivity contribution < 1.29 is 0 Å². The van der Waals surface area contributed by atoms with Crippen molar-refractivity contribution in [2.45, 2.75) is 38.5 Å². The molecular formula is C62H44N2. The summed E-state index contributed by atoms with van der Waals surface area (Å²) in [6.07, 6.45) is 0. The van der Waals surface area contributed by atoms with Gasteiger partial charge in [-0.05, 0) is 108 Å². The largest absolute Gasteiger partial charge is 0.247 e. The Bertz CT molecular complexity index is 3780. The Morgan fingerprint density at radius 3 is 1.47 bits per heavy atom. The molecule has 0 N–H and O–H groups in total. The molecule has 0 fully saturated rings. The number of benzene rings is 9. The number of hydrogen-bond acceptors (Lipinski definition) is 2. The van der Waals surface area contributed by atoms with E-state index < -0.39 is 0 Å². The summed E-state index contributed by atoms with van der Waals surface area (Å²) in [6, 6.07) is 71.6. The summed E-state index contributed by atoms with van der Waals surface area (Å²) in [5, 5.41) is 7.04. The summed E-state index contributed by atoms with van der Waals surface area (Å²) >= 11 is 0. The molecule has 2 aromatic heterocycles. The van der Waals surface area contributed by atoms with E-state index >= 15 is 0 Å². The number of aromatic nitrogens is 2. The molecule has 64 heavy (non-hydrogen) atoms. The fraction of sp³-hybridized carbons (Fsp3) is 0.0968. The molecular weight excluding hydrogens is 773 g/mol. The summed E-state index contributed by atoms with van der Waals surface area (Å²) in [6.45, 7) is 9.43. The molecule has 2 nitrogen and oxygen atoms in total. The number of rotatable bonds is 4. The van der Waals surface area contributed by atoms with Gasteiger partial charge in [0, 0.05) is 43.5 Å². The lowest BCUT2D eigenvalue weighted by atomic mass is 9.81. The van der Waals surface area contributed by atoms with Crippen LogP contribution in [0.15, 0.2) is 194 Å². The molecule has 0 spiro atoms. The Labute approximate surface area is 373 Å². The maximum absolute atomic E-state index is 5.64. The molecule has 0 bridgehead atoms. The minimum atomic E-state index is -0.119. The fourth-order valence-electron chi connectivity index (χ4n) is 11.3. The third-order valence-electron chi connectivity index (χ3n) is 14.7. The second-order valence-electron chi connectivity index (χ2n) is 18.9. The standard InChI is InChI=1S/C62H44N2/c1-61(2)53-22-12-9-17-43(53)45-31-29-39(33-55(45)61)50-35-52-51(37-25-27-38(28-26-37)59-48-20-7-5-15-41(48)47-19-11-14-24-57(47)63-59)36-58(64-60(52)49-21-8-6-16-42(49)50)40-30-32-46-44-18-10-13-23-54(44)62(3,4)56(46)34-40/h5-36H,1-4H3. The first-order valence-corrected chi connectivity index (χ1v) is 22.5. The molecule has 0 unspecified atom stereocenters. The van der Waals surface area contributed by atoms with Crippen molar-refractivity contribution in [3.05, 3.63) is 216 Å². The van der Waals surface area contributed by atoms with E-state index in [1.807, 2.05) is 0 Å². The van der Waals surface area contributed by atoms with Crippen LogP contribution >= 0.6 is 0 Å². The second kappa shape index (κ2) is 13.4. The van der Waals surface area contributed by atoms with Gasteiger partial charge in [0.1, 0.15) is 0 Å². The third-order valence-corrected chi connectivity index (χ3v) is 14.7. The lowest BCUT2D eigenvalue weighted by Gasteiger charge is -2.22. The van der Waals surface area contributed by atoms with Crippen molar-refractivity contribution in [2.24, 2.45) is 0 Å². The number of para-hydroxylation sites is 1. The van der Waals surface area contributed by atoms with Crippen molar-refractivity contribution in [1.29, 1.82) is 0 Å². The van der Waals surface area contributed by atoms with E-state index in [1.165, 1.54) is 71.8 Å². The normalized spacial score (nSPS) is 14.2. The van der Waals surface area contributed by atoms with Gasteiger partial charge in [0.25, 0.3) is 0 Å². The van der Waals surface area contributed by atoms with Crippen LogP contribution in [0, 0.1) is 0 Å². The van der Waals surface area contributed by atoms with E-state index in [4.69, 9.17) is 9.97 Å². The maximum atomic E-state index is 5.64. The molecule has 0 radical (unpaired) electrons. The zero-order chi connectivity index (χ0) is 42.9. The SMILES string of the molecule is CC1(C)c2ccccc2-c2ccc(-c3cc(-c4ccc(-c5nc6ccccc6c6ccccc56)cc4)c4cc(-c5ccc6c(c5)C(C)(C)c5ccccc5-6)c5ccccc5c4n3)cc21. The second-order valence-corrected chi connectivity index (χ2v) is 18.9. The van der Waals surface area contributed by atoms with E-state index in [0.29, 0.717) is 0 Å². The van der Waals surface area contributed by atoms with E-state index in [0.717, 1.165) is 60.8 Å². The van der Waals surface area contributed by atoms with Crippen LogP contribution in [-0.2, 0) is 10.8 Å². The Morgan fingerprint density at radius 1 is 0.297 bits per heavy atom. The molecule has 11 aromatic rings. The Hall–Kier alpha value is -7.68. The van der Waals surface area contributed by atoms with E-state index in [-0.39, 0.29) is 10.8 Å². The first-order chi connectivity index (χ1) is 31.2. The van der Waals surface area contributed by atoms with Crippen molar-refractivity contribution in [3.8, 4) is 67.0 Å². The van der Waals surface area contributed by atoms with Crippen molar-refractivity contribution in [1.82, 2.24) is 9.97 Å². The molecule has 0 atom stereocenters. The van der Waals surface area contributed by atoms with Gasteiger partial charge in [0.15, 0.2) is 0 Å². The van der Waals surface area contributed by atoms with Crippen molar-refractivity contribution in [3.63, 3.8) is 0 Å². The predicted molar refractivity (Wildman–Crippen MR) is 269 cm³/mol. The molecule has 0 amide bonds. The Kier molecular flexibility index (Phi) is 7.74. The van der Waals surface area contributed by atoms with Crippen molar-refractivity contribution >= 4 is 43.4 Å². The predicted octanol–water partition coefficient (Wildman–Crippen LogP) is 16.4. The third kappa shape index (κ3) is 5.26. The molecule has 0 saturated heterocycles. The van der Waals surface area contributed by atoms with Crippen LogP contribution in [0.3, 0.4) is 0 Å². The molecule has 2 heterocycles. The highest BCUT2D eigenvalue weighted by Crippen LogP contribution is 2.52. The first-order valence-electron chi connectivity index (χ1n) is 22.5. The smallest absolute Gasteiger partial charge is 0.0794 e. The zero-order valence-electron chi connectivity index (χ0n) is 36.4. The molecule has 302 valence electrons. The van der Waals surface area contributed by atoms with E-state index in [2.05, 4.69) is 222 Å². The number of nitrogens with zero attached hydrogens (tertiary/aromatic N) is 2. The highest BCUT2D eigenvalue weighted by atomic mass is 14.7. The van der Waals surface area contributed by atoms with Gasteiger partial charge in [-0.15, -0.1) is 0 Å². The summed E-state index contributed by atoms with van der Waals surface area (Å²) in [5.74, 6) is 0. The van der Waals surface area contributed by atoms with Crippen LogP contribution in [0.25, 0.3) is 110 Å². The quantitative estimate of drug-likeness (QED) is 0.165. The lowest BCUT2D eigenvalue weighted by molar-refractivity contribution is 0.660. The highest BCUT2D eigenvalue weighted by Gasteiger charge is 2.37. The van der Waals surface area contributed by atoms with Crippen LogP contribution in [-0.4, -0.2) is 9.97 Å². The fourth-order valence-corrected chi connectivity index (χ4v) is 11.3. The van der Waals surface area contributed by atoms with Crippen LogP contribution in [0.1, 0.15) is 49.9 Å². The summed E-state index contributed by atoms with van der Waals surface area (Å²) in [7, 11) is 0. The maximum Gasteiger partial charge on any atom is 0.0794 e. The number of hydrogen-bond donors (Lipinski definition) is 0. The monoisotopic (exact) mass is 816 g/mol. The Morgan fingerprint density at radius 2 is 0.781 bits per heavy atom. The summed E-state index contributed by atoms with van der Waals surface area (Å²) in [5.41, 5.74) is 21.5. The number of fused-ring (bicyclic) bond motifs is 12. The molecule has 0 aliphatic heterocycles. The van der Waals surface area contributed by atoms with Crippen LogP contribution in [0.5, 0.6) is 0 Å². The molecule has 13 rings (SSSR count). The summed E-state index contributed by atoms with van der Waals surface area (Å²) in [4.78, 5) is 10.9. The molecule has 2 heteroatoms. The van der Waals surface area contributed by atoms with Gasteiger partial charge < -0.3 is 0 Å². The van der Waals surface area contributed by atoms with Gasteiger partial charge in [-0.1, -0.05) is 191 Å². The Balaban J connectivity index is 1.03. The van der Waals surface area contributed by atoms with E-state index in [9.17, 15) is 0 Å². The molecule has 2 aliphatic rings. The lowest BCUT2D eigenvalue weighted by Crippen LogP contribution is -2.15. The summed E-state index contributed by atoms with van der Waals surface area (Å²) < 4.78 is 0. The zero-order valence-corrected chi connectivity index (χ0v) is 36.4. The average molecular weight is 817 g/mol. The van der Waals surface area contributed by atoms with Crippen LogP contribution in [0.4, 0.5) is 0 Å². The topological polar surface area (TPSA) is 25.8 Å².